The van der Waals surface area contributed by atoms with E-state index in [4.69, 9.17) is 0 Å². The van der Waals surface area contributed by atoms with E-state index >= 15 is 0 Å². The third kappa shape index (κ3) is 1.58. The standard InChI is InChI=1S/C11H16O2/c1-5-8-7(2)10(13)9(12)6-11(8,3)4/h5,7-8H,1,6H2,2-4H3. The molecule has 72 valence electrons. The average Bonchev–Trinajstić information content (AvgIpc) is 2.00. The van der Waals surface area contributed by atoms with Gasteiger partial charge in [-0.1, -0.05) is 26.8 Å². The lowest BCUT2D eigenvalue weighted by molar-refractivity contribution is -0.145. The molecule has 2 nitrogen and oxygen atoms in total. The van der Waals surface area contributed by atoms with E-state index < -0.39 is 0 Å². The van der Waals surface area contributed by atoms with Gasteiger partial charge in [-0.2, -0.15) is 0 Å². The summed E-state index contributed by atoms with van der Waals surface area (Å²) < 4.78 is 0. The third-order valence-electron chi connectivity index (χ3n) is 3.00. The molecule has 1 aliphatic rings. The van der Waals surface area contributed by atoms with Gasteiger partial charge >= 0.3 is 0 Å². The van der Waals surface area contributed by atoms with E-state index in [9.17, 15) is 9.59 Å². The summed E-state index contributed by atoms with van der Waals surface area (Å²) >= 11 is 0. The van der Waals surface area contributed by atoms with Crippen LogP contribution in [0.3, 0.4) is 0 Å². The molecule has 0 saturated heterocycles. The minimum atomic E-state index is -0.232. The van der Waals surface area contributed by atoms with Crippen LogP contribution in [0.25, 0.3) is 0 Å². The lowest BCUT2D eigenvalue weighted by Crippen LogP contribution is -2.43. The highest BCUT2D eigenvalue weighted by Crippen LogP contribution is 2.41. The molecule has 0 amide bonds. The monoisotopic (exact) mass is 180 g/mol. The Balaban J connectivity index is 3.01. The van der Waals surface area contributed by atoms with Crippen LogP contribution in [0.4, 0.5) is 0 Å². The Morgan fingerprint density at radius 1 is 1.46 bits per heavy atom. The first-order valence-corrected chi connectivity index (χ1v) is 4.59. The Hall–Kier alpha value is -0.920. The molecule has 2 heteroatoms. The second kappa shape index (κ2) is 3.09. The summed E-state index contributed by atoms with van der Waals surface area (Å²) in [5, 5.41) is 0. The predicted molar refractivity (Wildman–Crippen MR) is 51.3 cm³/mol. The third-order valence-corrected chi connectivity index (χ3v) is 3.00. The van der Waals surface area contributed by atoms with Crippen molar-refractivity contribution in [1.29, 1.82) is 0 Å². The van der Waals surface area contributed by atoms with Gasteiger partial charge in [0.1, 0.15) is 0 Å². The van der Waals surface area contributed by atoms with Crippen molar-refractivity contribution < 1.29 is 9.59 Å². The molecule has 0 heterocycles. The summed E-state index contributed by atoms with van der Waals surface area (Å²) in [5.74, 6) is -0.536. The van der Waals surface area contributed by atoms with Gasteiger partial charge in [-0.15, -0.1) is 6.58 Å². The second-order valence-corrected chi connectivity index (χ2v) is 4.50. The van der Waals surface area contributed by atoms with Crippen molar-refractivity contribution in [2.24, 2.45) is 17.3 Å². The fourth-order valence-corrected chi connectivity index (χ4v) is 2.24. The highest BCUT2D eigenvalue weighted by molar-refractivity contribution is 6.38. The molecule has 0 spiro atoms. The molecule has 0 aromatic rings. The maximum atomic E-state index is 11.4. The number of ketones is 2. The van der Waals surface area contributed by atoms with Crippen LogP contribution in [0.5, 0.6) is 0 Å². The molecule has 0 radical (unpaired) electrons. The zero-order valence-corrected chi connectivity index (χ0v) is 8.46. The summed E-state index contributed by atoms with van der Waals surface area (Å²) in [7, 11) is 0. The Bertz CT molecular complexity index is 263. The fourth-order valence-electron chi connectivity index (χ4n) is 2.24. The number of Topliss-reactive ketones (excluding diaryl/α,β-unsaturated/α-hetero) is 2. The number of hydrogen-bond donors (Lipinski definition) is 0. The summed E-state index contributed by atoms with van der Waals surface area (Å²) in [4.78, 5) is 22.7. The van der Waals surface area contributed by atoms with Crippen molar-refractivity contribution in [2.75, 3.05) is 0 Å². The molecular weight excluding hydrogens is 164 g/mol. The lowest BCUT2D eigenvalue weighted by atomic mass is 9.63. The molecule has 13 heavy (non-hydrogen) atoms. The zero-order valence-electron chi connectivity index (χ0n) is 8.46. The van der Waals surface area contributed by atoms with Crippen LogP contribution in [0.1, 0.15) is 27.2 Å². The van der Waals surface area contributed by atoms with Crippen molar-refractivity contribution in [3.05, 3.63) is 12.7 Å². The van der Waals surface area contributed by atoms with E-state index in [1.807, 2.05) is 20.8 Å². The maximum absolute atomic E-state index is 11.4. The molecule has 1 saturated carbocycles. The van der Waals surface area contributed by atoms with Crippen molar-refractivity contribution in [3.8, 4) is 0 Å². The minimum absolute atomic E-state index is 0.119. The molecule has 0 N–H and O–H groups in total. The normalized spacial score (nSPS) is 33.2. The van der Waals surface area contributed by atoms with E-state index in [1.165, 1.54) is 0 Å². The summed E-state index contributed by atoms with van der Waals surface area (Å²) in [5.41, 5.74) is -0.119. The predicted octanol–water partition coefficient (Wildman–Crippen LogP) is 1.99. The van der Waals surface area contributed by atoms with Crippen LogP contribution in [0.15, 0.2) is 12.7 Å². The molecule has 0 aliphatic heterocycles. The smallest absolute Gasteiger partial charge is 0.201 e. The topological polar surface area (TPSA) is 34.1 Å². The van der Waals surface area contributed by atoms with E-state index in [0.717, 1.165) is 0 Å². The van der Waals surface area contributed by atoms with Crippen LogP contribution in [-0.4, -0.2) is 11.6 Å². The fraction of sp³-hybridized carbons (Fsp3) is 0.636. The average molecular weight is 180 g/mol. The van der Waals surface area contributed by atoms with Gasteiger partial charge < -0.3 is 0 Å². The Kier molecular flexibility index (Phi) is 2.42. The van der Waals surface area contributed by atoms with Gasteiger partial charge in [0.25, 0.3) is 0 Å². The van der Waals surface area contributed by atoms with Gasteiger partial charge in [0, 0.05) is 12.3 Å². The van der Waals surface area contributed by atoms with Crippen LogP contribution in [0.2, 0.25) is 0 Å². The first-order chi connectivity index (χ1) is 5.90. The second-order valence-electron chi connectivity index (χ2n) is 4.50. The van der Waals surface area contributed by atoms with Gasteiger partial charge in [-0.05, 0) is 11.3 Å². The van der Waals surface area contributed by atoms with E-state index in [0.29, 0.717) is 6.42 Å². The van der Waals surface area contributed by atoms with Gasteiger partial charge in [0.05, 0.1) is 0 Å². The lowest BCUT2D eigenvalue weighted by Gasteiger charge is -2.39. The number of allylic oxidation sites excluding steroid dienone is 1. The molecule has 0 bridgehead atoms. The molecule has 1 rings (SSSR count). The first-order valence-electron chi connectivity index (χ1n) is 4.59. The van der Waals surface area contributed by atoms with E-state index in [-0.39, 0.29) is 28.8 Å². The first kappa shape index (κ1) is 10.2. The Morgan fingerprint density at radius 2 is 2.00 bits per heavy atom. The van der Waals surface area contributed by atoms with Gasteiger partial charge in [-0.3, -0.25) is 9.59 Å². The Labute approximate surface area is 79.0 Å². The summed E-state index contributed by atoms with van der Waals surface area (Å²) in [6.07, 6.45) is 2.15. The highest BCUT2D eigenvalue weighted by atomic mass is 16.2. The van der Waals surface area contributed by atoms with Crippen molar-refractivity contribution in [2.45, 2.75) is 27.2 Å². The SMILES string of the molecule is C=CC1C(C)C(=O)C(=O)CC1(C)C. The molecule has 2 unspecified atom stereocenters. The highest BCUT2D eigenvalue weighted by Gasteiger charge is 2.43. The van der Waals surface area contributed by atoms with E-state index in [2.05, 4.69) is 6.58 Å². The van der Waals surface area contributed by atoms with Crippen LogP contribution < -0.4 is 0 Å². The summed E-state index contributed by atoms with van der Waals surface area (Å²) in [6.45, 7) is 9.57. The Morgan fingerprint density at radius 3 is 2.46 bits per heavy atom. The molecule has 0 aromatic carbocycles. The molecule has 2 atom stereocenters. The van der Waals surface area contributed by atoms with Crippen molar-refractivity contribution in [3.63, 3.8) is 0 Å². The number of carbonyl (C=O) groups excluding carboxylic acids is 2. The molecule has 1 aliphatic carbocycles. The van der Waals surface area contributed by atoms with Crippen LogP contribution in [0, 0.1) is 17.3 Å². The quantitative estimate of drug-likeness (QED) is 0.457. The largest absolute Gasteiger partial charge is 0.291 e. The van der Waals surface area contributed by atoms with Crippen LogP contribution in [-0.2, 0) is 9.59 Å². The summed E-state index contributed by atoms with van der Waals surface area (Å²) in [6, 6.07) is 0. The van der Waals surface area contributed by atoms with Gasteiger partial charge in [0.15, 0.2) is 5.78 Å². The van der Waals surface area contributed by atoms with Gasteiger partial charge in [-0.25, -0.2) is 0 Å². The molecule has 1 fully saturated rings. The minimum Gasteiger partial charge on any atom is -0.291 e. The number of rotatable bonds is 1. The molecular formula is C11H16O2. The van der Waals surface area contributed by atoms with E-state index in [1.54, 1.807) is 6.08 Å². The van der Waals surface area contributed by atoms with Crippen LogP contribution >= 0.6 is 0 Å². The van der Waals surface area contributed by atoms with Crippen molar-refractivity contribution in [1.82, 2.24) is 0 Å². The van der Waals surface area contributed by atoms with Crippen molar-refractivity contribution >= 4 is 11.6 Å². The molecule has 0 aromatic heterocycles. The number of carbonyl (C=O) groups is 2. The maximum Gasteiger partial charge on any atom is 0.201 e. The zero-order chi connectivity index (χ0) is 10.2. The van der Waals surface area contributed by atoms with Gasteiger partial charge in [0.2, 0.25) is 5.78 Å². The number of hydrogen-bond acceptors (Lipinski definition) is 2.